The second kappa shape index (κ2) is 11.1. The van der Waals surface area contributed by atoms with Gasteiger partial charge in [-0.25, -0.2) is 0 Å². The monoisotopic (exact) mass is 604 g/mol. The molecule has 0 aliphatic heterocycles. The quantitative estimate of drug-likeness (QED) is 0.169. The third kappa shape index (κ3) is 5.36. The number of aliphatic hydroxyl groups is 2. The van der Waals surface area contributed by atoms with Crippen LogP contribution in [-0.2, 0) is 23.9 Å². The van der Waals surface area contributed by atoms with Crippen LogP contribution >= 0.6 is 0 Å². The summed E-state index contributed by atoms with van der Waals surface area (Å²) in [5, 5.41) is 33.6. The predicted molar refractivity (Wildman–Crippen MR) is 163 cm³/mol. The number of carbonyl (C=O) groups excluding carboxylic acids is 2. The van der Waals surface area contributed by atoms with Crippen molar-refractivity contribution in [3.8, 4) is 0 Å². The second-order valence-corrected chi connectivity index (χ2v) is 16.3. The van der Waals surface area contributed by atoms with Gasteiger partial charge in [-0.05, 0) is 107 Å². The fourth-order valence-electron chi connectivity index (χ4n) is 11.1. The molecule has 4 aliphatic rings. The predicted octanol–water partition coefficient (Wildman–Crippen LogP) is 6.21. The van der Waals surface area contributed by atoms with Gasteiger partial charge in [0.05, 0.1) is 11.2 Å². The molecular weight excluding hydrogens is 548 g/mol. The first kappa shape index (κ1) is 34.0. The first-order chi connectivity index (χ1) is 19.7. The first-order valence-electron chi connectivity index (χ1n) is 16.3. The number of carboxylic acids is 1. The molecular formula is C35H56O8. The lowest BCUT2D eigenvalue weighted by Crippen LogP contribution is -2.70. The lowest BCUT2D eigenvalue weighted by atomic mass is 9.35. The van der Waals surface area contributed by atoms with E-state index in [0.717, 1.165) is 25.7 Å². The summed E-state index contributed by atoms with van der Waals surface area (Å²) in [7, 11) is 0. The van der Waals surface area contributed by atoms with Crippen LogP contribution in [0.4, 0.5) is 0 Å². The van der Waals surface area contributed by atoms with E-state index in [2.05, 4.69) is 40.7 Å². The standard InChI is InChI=1S/C35H56O8/c1-21(2)11-10-14-34(9,40)35(41)18-17-33(8)29(35)23(42-22(3)36)19-25-31(6)15-13-26(43-28(39)20-27(37)38)30(4,5)24(31)12-16-32(25,33)7/h11,23-26,29,40-41H,10,12-20H2,1-9H3,(H,37,38)/t23?,24?,25?,26-,29?,31+,32-,33-,34?,35-/m1/s1. The van der Waals surface area contributed by atoms with Crippen molar-refractivity contribution in [1.29, 1.82) is 0 Å². The Kier molecular flexibility index (Phi) is 8.80. The zero-order valence-corrected chi connectivity index (χ0v) is 27.9. The molecule has 8 nitrogen and oxygen atoms in total. The van der Waals surface area contributed by atoms with Crippen molar-refractivity contribution in [2.45, 2.75) is 150 Å². The van der Waals surface area contributed by atoms with E-state index in [1.54, 1.807) is 6.92 Å². The van der Waals surface area contributed by atoms with Gasteiger partial charge in [0.25, 0.3) is 0 Å². The van der Waals surface area contributed by atoms with Gasteiger partial charge in [-0.3, -0.25) is 14.4 Å². The minimum absolute atomic E-state index is 0.148. The number of hydrogen-bond acceptors (Lipinski definition) is 7. The SMILES string of the molecule is CC(=O)OC1CC2[C@@]3(C)CC[C@@H](OC(=O)CC(=O)O)C(C)(C)C3CC[C@@]2(C)[C@]2(C)CC[C@](O)(C(C)(O)CCC=C(C)C)C12. The molecule has 3 N–H and O–H groups in total. The van der Waals surface area contributed by atoms with Gasteiger partial charge in [-0.1, -0.05) is 46.3 Å². The number of carbonyl (C=O) groups is 3. The topological polar surface area (TPSA) is 130 Å². The molecule has 8 heteroatoms. The summed E-state index contributed by atoms with van der Waals surface area (Å²) in [4.78, 5) is 36.1. The largest absolute Gasteiger partial charge is 0.481 e. The Morgan fingerprint density at radius 3 is 2.14 bits per heavy atom. The van der Waals surface area contributed by atoms with E-state index >= 15 is 0 Å². The number of hydrogen-bond donors (Lipinski definition) is 3. The summed E-state index contributed by atoms with van der Waals surface area (Å²) >= 11 is 0. The van der Waals surface area contributed by atoms with E-state index in [1.165, 1.54) is 12.5 Å². The number of fused-ring (bicyclic) bond motifs is 5. The van der Waals surface area contributed by atoms with Crippen molar-refractivity contribution in [2.24, 2.45) is 39.4 Å². The molecule has 43 heavy (non-hydrogen) atoms. The van der Waals surface area contributed by atoms with Gasteiger partial charge in [0.1, 0.15) is 18.6 Å². The Morgan fingerprint density at radius 1 is 0.907 bits per heavy atom. The normalized spacial score (nSPS) is 42.8. The molecule has 0 saturated heterocycles. The fraction of sp³-hybridized carbons (Fsp3) is 0.857. The molecule has 0 aromatic heterocycles. The summed E-state index contributed by atoms with van der Waals surface area (Å²) in [5.41, 5.74) is -2.67. The molecule has 4 saturated carbocycles. The van der Waals surface area contributed by atoms with E-state index in [-0.39, 0.29) is 45.6 Å². The third-order valence-electron chi connectivity index (χ3n) is 13.4. The highest BCUT2D eigenvalue weighted by Gasteiger charge is 2.75. The van der Waals surface area contributed by atoms with Crippen LogP contribution in [0.3, 0.4) is 0 Å². The average Bonchev–Trinajstić information content (AvgIpc) is 3.15. The van der Waals surface area contributed by atoms with Crippen LogP contribution in [0.15, 0.2) is 11.6 Å². The maximum Gasteiger partial charge on any atom is 0.317 e. The molecule has 4 fully saturated rings. The van der Waals surface area contributed by atoms with E-state index in [9.17, 15) is 24.6 Å². The van der Waals surface area contributed by atoms with Crippen LogP contribution in [0.5, 0.6) is 0 Å². The fourth-order valence-corrected chi connectivity index (χ4v) is 11.1. The van der Waals surface area contributed by atoms with E-state index < -0.39 is 41.6 Å². The molecule has 0 bridgehead atoms. The summed E-state index contributed by atoms with van der Waals surface area (Å²) in [6.07, 6.45) is 6.69. The summed E-state index contributed by atoms with van der Waals surface area (Å²) in [5.74, 6) is -2.28. The van der Waals surface area contributed by atoms with E-state index in [0.29, 0.717) is 32.1 Å². The highest BCUT2D eigenvalue weighted by molar-refractivity contribution is 5.90. The minimum atomic E-state index is -1.40. The van der Waals surface area contributed by atoms with E-state index in [1.807, 2.05) is 13.8 Å². The van der Waals surface area contributed by atoms with Crippen molar-refractivity contribution >= 4 is 17.9 Å². The smallest absolute Gasteiger partial charge is 0.317 e. The Balaban J connectivity index is 1.72. The number of ether oxygens (including phenoxy) is 2. The van der Waals surface area contributed by atoms with Gasteiger partial charge in [0.15, 0.2) is 0 Å². The van der Waals surface area contributed by atoms with Crippen molar-refractivity contribution in [3.63, 3.8) is 0 Å². The Labute approximate surface area is 258 Å². The van der Waals surface area contributed by atoms with Crippen molar-refractivity contribution in [3.05, 3.63) is 11.6 Å². The summed E-state index contributed by atoms with van der Waals surface area (Å²) in [6.45, 7) is 18.5. The zero-order valence-electron chi connectivity index (χ0n) is 27.9. The van der Waals surface area contributed by atoms with Crippen LogP contribution in [0.2, 0.25) is 0 Å². The van der Waals surface area contributed by atoms with Crippen LogP contribution in [-0.4, -0.2) is 56.6 Å². The lowest BCUT2D eigenvalue weighted by Gasteiger charge is -2.71. The molecule has 0 heterocycles. The maximum atomic E-state index is 12.6. The van der Waals surface area contributed by atoms with Gasteiger partial charge >= 0.3 is 17.9 Å². The third-order valence-corrected chi connectivity index (χ3v) is 13.4. The summed E-state index contributed by atoms with van der Waals surface area (Å²) < 4.78 is 11.9. The second-order valence-electron chi connectivity index (χ2n) is 16.3. The number of allylic oxidation sites excluding steroid dienone is 2. The molecule has 0 amide bonds. The van der Waals surface area contributed by atoms with Gasteiger partial charge in [-0.2, -0.15) is 0 Å². The highest BCUT2D eigenvalue weighted by atomic mass is 16.5. The van der Waals surface area contributed by atoms with Crippen molar-refractivity contribution in [2.75, 3.05) is 0 Å². The lowest BCUT2D eigenvalue weighted by molar-refractivity contribution is -0.274. The van der Waals surface area contributed by atoms with Gasteiger partial charge in [0.2, 0.25) is 0 Å². The van der Waals surface area contributed by atoms with Gasteiger partial charge in [0, 0.05) is 18.3 Å². The van der Waals surface area contributed by atoms with Crippen molar-refractivity contribution < 1.29 is 39.2 Å². The Hall–Kier alpha value is -1.93. The molecule has 0 aromatic rings. The van der Waals surface area contributed by atoms with Crippen LogP contribution in [0, 0.1) is 39.4 Å². The average molecular weight is 605 g/mol. The molecule has 0 radical (unpaired) electrons. The highest BCUT2D eigenvalue weighted by Crippen LogP contribution is 2.76. The molecule has 4 aliphatic carbocycles. The Bertz CT molecular complexity index is 1150. The molecule has 0 spiro atoms. The Morgan fingerprint density at radius 2 is 1.56 bits per heavy atom. The van der Waals surface area contributed by atoms with Crippen LogP contribution in [0.1, 0.15) is 127 Å². The minimum Gasteiger partial charge on any atom is -0.481 e. The van der Waals surface area contributed by atoms with Gasteiger partial charge < -0.3 is 24.8 Å². The van der Waals surface area contributed by atoms with Crippen molar-refractivity contribution in [1.82, 2.24) is 0 Å². The number of rotatable bonds is 8. The van der Waals surface area contributed by atoms with Crippen LogP contribution < -0.4 is 0 Å². The van der Waals surface area contributed by atoms with Crippen LogP contribution in [0.25, 0.3) is 0 Å². The number of aliphatic carboxylic acids is 1. The molecule has 244 valence electrons. The molecule has 0 aromatic carbocycles. The van der Waals surface area contributed by atoms with E-state index in [4.69, 9.17) is 14.6 Å². The number of carboxylic acid groups (broad SMARTS) is 1. The molecule has 10 atom stereocenters. The summed E-state index contributed by atoms with van der Waals surface area (Å²) in [6, 6.07) is 0. The molecule has 4 rings (SSSR count). The number of esters is 2. The van der Waals surface area contributed by atoms with Gasteiger partial charge in [-0.15, -0.1) is 0 Å². The first-order valence-corrected chi connectivity index (χ1v) is 16.3. The zero-order chi connectivity index (χ0) is 32.4. The molecule has 5 unspecified atom stereocenters. The maximum absolute atomic E-state index is 12.6.